The van der Waals surface area contributed by atoms with Gasteiger partial charge in [0.2, 0.25) is 17.6 Å². The highest BCUT2D eigenvalue weighted by Gasteiger charge is 2.36. The van der Waals surface area contributed by atoms with Crippen LogP contribution in [0.15, 0.2) is 59.1 Å². The molecule has 2 aromatic carbocycles. The lowest BCUT2D eigenvalue weighted by Crippen LogP contribution is -2.46. The van der Waals surface area contributed by atoms with Crippen molar-refractivity contribution < 1.29 is 14.1 Å². The molecular formula is C23H24N4O3. The number of hydrogen-bond acceptors (Lipinski definition) is 5. The van der Waals surface area contributed by atoms with Gasteiger partial charge in [-0.05, 0) is 44.4 Å². The Kier molecular flexibility index (Phi) is 5.61. The second-order valence-electron chi connectivity index (χ2n) is 7.52. The average Bonchev–Trinajstić information content (AvgIpc) is 3.43. The van der Waals surface area contributed by atoms with Gasteiger partial charge in [-0.15, -0.1) is 0 Å². The fourth-order valence-electron chi connectivity index (χ4n) is 3.77. The van der Waals surface area contributed by atoms with Crippen molar-refractivity contribution in [3.63, 3.8) is 0 Å². The second kappa shape index (κ2) is 8.49. The summed E-state index contributed by atoms with van der Waals surface area (Å²) in [5.41, 5.74) is 2.49. The van der Waals surface area contributed by atoms with Gasteiger partial charge in [-0.2, -0.15) is 4.98 Å². The largest absolute Gasteiger partial charge is 0.341 e. The Morgan fingerprint density at radius 1 is 1.13 bits per heavy atom. The molecule has 0 bridgehead atoms. The molecule has 3 aromatic rings. The molecule has 1 N–H and O–H groups in total. The Bertz CT molecular complexity index is 1050. The molecule has 7 heteroatoms. The monoisotopic (exact) mass is 404 g/mol. The van der Waals surface area contributed by atoms with E-state index in [0.717, 1.165) is 24.0 Å². The third kappa shape index (κ3) is 3.96. The number of nitrogens with zero attached hydrogens (tertiary/aromatic N) is 3. The number of hydrogen-bond donors (Lipinski definition) is 1. The van der Waals surface area contributed by atoms with Gasteiger partial charge in [0.25, 0.3) is 5.91 Å². The van der Waals surface area contributed by atoms with Crippen molar-refractivity contribution in [1.29, 1.82) is 0 Å². The molecule has 2 heterocycles. The molecule has 1 fully saturated rings. The van der Waals surface area contributed by atoms with E-state index in [2.05, 4.69) is 15.5 Å². The molecule has 0 spiro atoms. The predicted octanol–water partition coefficient (Wildman–Crippen LogP) is 3.53. The van der Waals surface area contributed by atoms with Crippen molar-refractivity contribution in [1.82, 2.24) is 20.4 Å². The summed E-state index contributed by atoms with van der Waals surface area (Å²) < 4.78 is 5.53. The maximum Gasteiger partial charge on any atom is 0.251 e. The zero-order chi connectivity index (χ0) is 21.1. The van der Waals surface area contributed by atoms with E-state index >= 15 is 0 Å². The highest BCUT2D eigenvalue weighted by Crippen LogP contribution is 2.33. The number of amides is 2. The number of nitrogens with one attached hydrogen (secondary N) is 1. The van der Waals surface area contributed by atoms with Crippen LogP contribution in [0.3, 0.4) is 0 Å². The minimum atomic E-state index is -0.655. The number of aromatic nitrogens is 2. The third-order valence-electron chi connectivity index (χ3n) is 5.40. The number of carbonyl (C=O) groups is 2. The van der Waals surface area contributed by atoms with Crippen molar-refractivity contribution in [3.8, 4) is 11.4 Å². The normalized spacial score (nSPS) is 17.0. The van der Waals surface area contributed by atoms with Crippen LogP contribution in [-0.2, 0) is 4.79 Å². The zero-order valence-corrected chi connectivity index (χ0v) is 17.0. The molecule has 1 saturated heterocycles. The lowest BCUT2D eigenvalue weighted by Gasteiger charge is -2.25. The molecule has 0 aliphatic carbocycles. The van der Waals surface area contributed by atoms with Gasteiger partial charge in [0.05, 0.1) is 0 Å². The minimum Gasteiger partial charge on any atom is -0.341 e. The number of aryl methyl sites for hydroxylation is 1. The summed E-state index contributed by atoms with van der Waals surface area (Å²) in [6.45, 7) is 4.29. The summed E-state index contributed by atoms with van der Waals surface area (Å²) in [5.74, 6) is 0.526. The smallest absolute Gasteiger partial charge is 0.251 e. The van der Waals surface area contributed by atoms with Crippen LogP contribution in [0.1, 0.15) is 47.6 Å². The molecule has 1 aliphatic rings. The highest BCUT2D eigenvalue weighted by molar-refractivity contribution is 5.97. The number of likely N-dealkylation sites (tertiary alicyclic amines) is 1. The molecule has 7 nitrogen and oxygen atoms in total. The molecule has 30 heavy (non-hydrogen) atoms. The van der Waals surface area contributed by atoms with E-state index in [1.54, 1.807) is 36.1 Å². The Labute approximate surface area is 175 Å². The summed E-state index contributed by atoms with van der Waals surface area (Å²) in [5, 5.41) is 6.91. The van der Waals surface area contributed by atoms with Crippen molar-refractivity contribution in [2.75, 3.05) is 6.54 Å². The van der Waals surface area contributed by atoms with Gasteiger partial charge in [-0.25, -0.2) is 0 Å². The molecule has 1 aliphatic heterocycles. The van der Waals surface area contributed by atoms with Crippen molar-refractivity contribution in [2.45, 2.75) is 38.8 Å². The summed E-state index contributed by atoms with van der Waals surface area (Å²) in [6.07, 6.45) is 1.60. The maximum absolute atomic E-state index is 13.0. The van der Waals surface area contributed by atoms with Gasteiger partial charge in [0.15, 0.2) is 0 Å². The van der Waals surface area contributed by atoms with E-state index in [9.17, 15) is 9.59 Å². The molecule has 0 saturated carbocycles. The molecule has 154 valence electrons. The Morgan fingerprint density at radius 2 is 1.87 bits per heavy atom. The van der Waals surface area contributed by atoms with Crippen LogP contribution in [0.25, 0.3) is 11.4 Å². The van der Waals surface area contributed by atoms with Crippen LogP contribution in [0, 0.1) is 6.92 Å². The van der Waals surface area contributed by atoms with Gasteiger partial charge in [0.1, 0.15) is 12.1 Å². The fraction of sp³-hybridized carbons (Fsp3) is 0.304. The first-order chi connectivity index (χ1) is 14.5. The first-order valence-electron chi connectivity index (χ1n) is 10.1. The van der Waals surface area contributed by atoms with Gasteiger partial charge >= 0.3 is 0 Å². The molecule has 2 amide bonds. The van der Waals surface area contributed by atoms with Gasteiger partial charge < -0.3 is 14.7 Å². The van der Waals surface area contributed by atoms with Gasteiger partial charge in [0, 0.05) is 17.7 Å². The first-order valence-corrected chi connectivity index (χ1v) is 10.1. The van der Waals surface area contributed by atoms with Gasteiger partial charge in [-0.3, -0.25) is 9.59 Å². The summed E-state index contributed by atoms with van der Waals surface area (Å²) in [6, 6.07) is 15.8. The lowest BCUT2D eigenvalue weighted by atomic mass is 10.1. The van der Waals surface area contributed by atoms with Crippen molar-refractivity contribution in [3.05, 3.63) is 71.6 Å². The van der Waals surface area contributed by atoms with Crippen molar-refractivity contribution in [2.24, 2.45) is 0 Å². The molecule has 2 atom stereocenters. The second-order valence-corrected chi connectivity index (χ2v) is 7.52. The molecular weight excluding hydrogens is 380 g/mol. The molecule has 4 rings (SSSR count). The van der Waals surface area contributed by atoms with Crippen LogP contribution in [0.4, 0.5) is 0 Å². The standard InChI is InChI=1S/C23H24N4O3/c1-15-9-6-7-12-18(15)20-25-22(30-26-20)19-13-8-14-27(19)23(29)16(2)24-21(28)17-10-4-3-5-11-17/h3-7,9-12,16,19H,8,13-14H2,1-2H3,(H,24,28)/t16-,19-/m0/s1. The summed E-state index contributed by atoms with van der Waals surface area (Å²) >= 11 is 0. The van der Waals surface area contributed by atoms with Crippen LogP contribution in [0.5, 0.6) is 0 Å². The van der Waals surface area contributed by atoms with Crippen LogP contribution >= 0.6 is 0 Å². The Hall–Kier alpha value is -3.48. The van der Waals surface area contributed by atoms with E-state index in [0.29, 0.717) is 23.8 Å². The molecule has 1 aromatic heterocycles. The van der Waals surface area contributed by atoms with E-state index in [1.165, 1.54) is 0 Å². The third-order valence-corrected chi connectivity index (χ3v) is 5.40. The molecule has 0 unspecified atom stereocenters. The zero-order valence-electron chi connectivity index (χ0n) is 17.0. The maximum atomic E-state index is 13.0. The van der Waals surface area contributed by atoms with E-state index in [-0.39, 0.29) is 17.9 Å². The van der Waals surface area contributed by atoms with E-state index < -0.39 is 6.04 Å². The number of rotatable bonds is 5. The number of carbonyl (C=O) groups excluding carboxylic acids is 2. The Morgan fingerprint density at radius 3 is 2.63 bits per heavy atom. The topological polar surface area (TPSA) is 88.3 Å². The average molecular weight is 404 g/mol. The van der Waals surface area contributed by atoms with Gasteiger partial charge in [-0.1, -0.05) is 47.6 Å². The summed E-state index contributed by atoms with van der Waals surface area (Å²) in [7, 11) is 0. The molecule has 0 radical (unpaired) electrons. The Balaban J connectivity index is 1.48. The lowest BCUT2D eigenvalue weighted by molar-refractivity contribution is -0.134. The minimum absolute atomic E-state index is 0.155. The predicted molar refractivity (Wildman–Crippen MR) is 112 cm³/mol. The number of benzene rings is 2. The fourth-order valence-corrected chi connectivity index (χ4v) is 3.77. The first kappa shape index (κ1) is 19.8. The quantitative estimate of drug-likeness (QED) is 0.703. The van der Waals surface area contributed by atoms with Crippen LogP contribution < -0.4 is 5.32 Å². The van der Waals surface area contributed by atoms with E-state index in [4.69, 9.17) is 4.52 Å². The van der Waals surface area contributed by atoms with Crippen LogP contribution in [-0.4, -0.2) is 39.4 Å². The van der Waals surface area contributed by atoms with Crippen molar-refractivity contribution >= 4 is 11.8 Å². The van der Waals surface area contributed by atoms with E-state index in [1.807, 2.05) is 37.3 Å². The SMILES string of the molecule is Cc1ccccc1-c1noc([C@@H]2CCCN2C(=O)[C@H](C)NC(=O)c2ccccc2)n1. The summed E-state index contributed by atoms with van der Waals surface area (Å²) in [4.78, 5) is 31.7. The van der Waals surface area contributed by atoms with Crippen LogP contribution in [0.2, 0.25) is 0 Å². The highest BCUT2D eigenvalue weighted by atomic mass is 16.5.